The summed E-state index contributed by atoms with van der Waals surface area (Å²) in [6, 6.07) is 6.92. The largest absolute Gasteiger partial charge is 0.329 e. The number of benzene rings is 1. The van der Waals surface area contributed by atoms with Crippen LogP contribution < -0.4 is 5.73 Å². The fourth-order valence-corrected chi connectivity index (χ4v) is 3.33. The van der Waals surface area contributed by atoms with Crippen LogP contribution in [-0.2, 0) is 6.54 Å². The highest BCUT2D eigenvalue weighted by Crippen LogP contribution is 2.33. The molecule has 106 valence electrons. The minimum Gasteiger partial charge on any atom is -0.329 e. The van der Waals surface area contributed by atoms with E-state index in [0.717, 1.165) is 18.7 Å². The van der Waals surface area contributed by atoms with Crippen LogP contribution in [-0.4, -0.2) is 23.5 Å². The second-order valence-corrected chi connectivity index (χ2v) is 5.63. The molecule has 0 radical (unpaired) electrons. The predicted octanol–water partition coefficient (Wildman–Crippen LogP) is 3.31. The van der Waals surface area contributed by atoms with Gasteiger partial charge in [0.2, 0.25) is 0 Å². The standard InChI is InChI=1S/C16H25FN2/c1-2-19(12-14-7-6-8-15(17)11-14)16(13-18)9-4-3-5-10-16/h6-8,11H,2-5,9-10,12-13,18H2,1H3. The zero-order valence-corrected chi connectivity index (χ0v) is 11.9. The number of halogens is 1. The Morgan fingerprint density at radius 2 is 2.00 bits per heavy atom. The normalized spacial score (nSPS) is 18.7. The van der Waals surface area contributed by atoms with Gasteiger partial charge in [0, 0.05) is 18.6 Å². The van der Waals surface area contributed by atoms with Crippen LogP contribution in [0.5, 0.6) is 0 Å². The smallest absolute Gasteiger partial charge is 0.123 e. The molecular formula is C16H25FN2. The van der Waals surface area contributed by atoms with Gasteiger partial charge in [0.25, 0.3) is 0 Å². The molecule has 0 bridgehead atoms. The van der Waals surface area contributed by atoms with Crippen molar-refractivity contribution in [2.24, 2.45) is 5.73 Å². The van der Waals surface area contributed by atoms with Crippen molar-refractivity contribution < 1.29 is 4.39 Å². The van der Waals surface area contributed by atoms with Crippen molar-refractivity contribution in [2.45, 2.75) is 51.1 Å². The van der Waals surface area contributed by atoms with Gasteiger partial charge in [-0.05, 0) is 37.1 Å². The first kappa shape index (κ1) is 14.5. The lowest BCUT2D eigenvalue weighted by Gasteiger charge is -2.45. The highest BCUT2D eigenvalue weighted by molar-refractivity contribution is 5.16. The van der Waals surface area contributed by atoms with Crippen molar-refractivity contribution in [1.82, 2.24) is 4.90 Å². The van der Waals surface area contributed by atoms with Crippen molar-refractivity contribution in [3.8, 4) is 0 Å². The van der Waals surface area contributed by atoms with E-state index < -0.39 is 0 Å². The second kappa shape index (κ2) is 6.49. The number of rotatable bonds is 5. The minimum atomic E-state index is -0.154. The van der Waals surface area contributed by atoms with Crippen molar-refractivity contribution in [3.63, 3.8) is 0 Å². The third kappa shape index (κ3) is 3.34. The summed E-state index contributed by atoms with van der Waals surface area (Å²) in [6.07, 6.45) is 6.19. The molecular weight excluding hydrogens is 239 g/mol. The van der Waals surface area contributed by atoms with Gasteiger partial charge in [-0.1, -0.05) is 38.3 Å². The van der Waals surface area contributed by atoms with E-state index in [4.69, 9.17) is 5.73 Å². The van der Waals surface area contributed by atoms with Crippen LogP contribution in [0.1, 0.15) is 44.6 Å². The summed E-state index contributed by atoms with van der Waals surface area (Å²) in [5.41, 5.74) is 7.25. The van der Waals surface area contributed by atoms with Crippen LogP contribution in [0, 0.1) is 5.82 Å². The van der Waals surface area contributed by atoms with E-state index >= 15 is 0 Å². The molecule has 0 aromatic heterocycles. The average molecular weight is 264 g/mol. The lowest BCUT2D eigenvalue weighted by Crippen LogP contribution is -2.54. The molecule has 0 atom stereocenters. The molecule has 19 heavy (non-hydrogen) atoms. The molecule has 1 aromatic rings. The quantitative estimate of drug-likeness (QED) is 0.884. The summed E-state index contributed by atoms with van der Waals surface area (Å²) in [4.78, 5) is 2.45. The molecule has 3 heteroatoms. The van der Waals surface area contributed by atoms with E-state index in [1.807, 2.05) is 6.07 Å². The van der Waals surface area contributed by atoms with Crippen LogP contribution in [0.4, 0.5) is 4.39 Å². The maximum Gasteiger partial charge on any atom is 0.123 e. The van der Waals surface area contributed by atoms with Gasteiger partial charge in [0.15, 0.2) is 0 Å². The number of nitrogens with two attached hydrogens (primary N) is 1. The first-order chi connectivity index (χ1) is 9.20. The number of nitrogens with zero attached hydrogens (tertiary/aromatic N) is 1. The summed E-state index contributed by atoms with van der Waals surface area (Å²) in [5, 5.41) is 0. The Labute approximate surface area is 115 Å². The highest BCUT2D eigenvalue weighted by Gasteiger charge is 2.35. The SMILES string of the molecule is CCN(Cc1cccc(F)c1)C1(CN)CCCCC1. The summed E-state index contributed by atoms with van der Waals surface area (Å²) < 4.78 is 13.3. The summed E-state index contributed by atoms with van der Waals surface area (Å²) in [6.45, 7) is 4.64. The molecule has 0 spiro atoms. The summed E-state index contributed by atoms with van der Waals surface area (Å²) >= 11 is 0. The van der Waals surface area contributed by atoms with Crippen molar-refractivity contribution >= 4 is 0 Å². The first-order valence-corrected chi connectivity index (χ1v) is 7.40. The molecule has 0 saturated heterocycles. The van der Waals surface area contributed by atoms with Gasteiger partial charge in [-0.15, -0.1) is 0 Å². The predicted molar refractivity (Wildman–Crippen MR) is 77.4 cm³/mol. The van der Waals surface area contributed by atoms with Crippen molar-refractivity contribution in [3.05, 3.63) is 35.6 Å². The highest BCUT2D eigenvalue weighted by atomic mass is 19.1. The topological polar surface area (TPSA) is 29.3 Å². The molecule has 0 amide bonds. The molecule has 0 heterocycles. The van der Waals surface area contributed by atoms with Gasteiger partial charge in [-0.2, -0.15) is 0 Å². The lowest BCUT2D eigenvalue weighted by atomic mass is 9.80. The van der Waals surface area contributed by atoms with Gasteiger partial charge in [-0.3, -0.25) is 4.90 Å². The third-order valence-corrected chi connectivity index (χ3v) is 4.48. The Morgan fingerprint density at radius 3 is 2.58 bits per heavy atom. The lowest BCUT2D eigenvalue weighted by molar-refractivity contribution is 0.0546. The molecule has 1 fully saturated rings. The number of likely N-dealkylation sites (N-methyl/N-ethyl adjacent to an activating group) is 1. The van der Waals surface area contributed by atoms with E-state index in [9.17, 15) is 4.39 Å². The number of hydrogen-bond acceptors (Lipinski definition) is 2. The molecule has 0 unspecified atom stereocenters. The average Bonchev–Trinajstić information content (AvgIpc) is 2.45. The van der Waals surface area contributed by atoms with E-state index in [1.165, 1.54) is 38.2 Å². The van der Waals surface area contributed by atoms with Gasteiger partial charge in [0.1, 0.15) is 5.82 Å². The first-order valence-electron chi connectivity index (χ1n) is 7.40. The maximum absolute atomic E-state index is 13.3. The van der Waals surface area contributed by atoms with Gasteiger partial charge in [-0.25, -0.2) is 4.39 Å². The molecule has 2 rings (SSSR count). The fourth-order valence-electron chi connectivity index (χ4n) is 3.33. The van der Waals surface area contributed by atoms with E-state index in [-0.39, 0.29) is 11.4 Å². The summed E-state index contributed by atoms with van der Waals surface area (Å²) in [7, 11) is 0. The second-order valence-electron chi connectivity index (χ2n) is 5.63. The summed E-state index contributed by atoms with van der Waals surface area (Å²) in [5.74, 6) is -0.154. The van der Waals surface area contributed by atoms with Crippen LogP contribution in [0.3, 0.4) is 0 Å². The van der Waals surface area contributed by atoms with Crippen LogP contribution in [0.2, 0.25) is 0 Å². The van der Waals surface area contributed by atoms with Crippen LogP contribution in [0.25, 0.3) is 0 Å². The third-order valence-electron chi connectivity index (χ3n) is 4.48. The Bertz CT molecular complexity index is 399. The van der Waals surface area contributed by atoms with Gasteiger partial charge in [0.05, 0.1) is 0 Å². The fraction of sp³-hybridized carbons (Fsp3) is 0.625. The Morgan fingerprint density at radius 1 is 1.26 bits per heavy atom. The Balaban J connectivity index is 2.14. The molecule has 1 aliphatic rings. The molecule has 1 aromatic carbocycles. The zero-order valence-electron chi connectivity index (χ0n) is 11.9. The van der Waals surface area contributed by atoms with E-state index in [2.05, 4.69) is 11.8 Å². The van der Waals surface area contributed by atoms with Crippen molar-refractivity contribution in [2.75, 3.05) is 13.1 Å². The van der Waals surface area contributed by atoms with Crippen LogP contribution in [0.15, 0.2) is 24.3 Å². The van der Waals surface area contributed by atoms with Gasteiger partial charge < -0.3 is 5.73 Å². The van der Waals surface area contributed by atoms with E-state index in [1.54, 1.807) is 12.1 Å². The van der Waals surface area contributed by atoms with Crippen LogP contribution >= 0.6 is 0 Å². The monoisotopic (exact) mass is 264 g/mol. The van der Waals surface area contributed by atoms with Crippen molar-refractivity contribution in [1.29, 1.82) is 0 Å². The zero-order chi connectivity index (χ0) is 13.7. The Kier molecular flexibility index (Phi) is 4.94. The molecule has 1 saturated carbocycles. The van der Waals surface area contributed by atoms with E-state index in [0.29, 0.717) is 6.54 Å². The maximum atomic E-state index is 13.3. The minimum absolute atomic E-state index is 0.124. The molecule has 2 N–H and O–H groups in total. The molecule has 1 aliphatic carbocycles. The molecule has 0 aliphatic heterocycles. The Hall–Kier alpha value is -0.930. The van der Waals surface area contributed by atoms with Gasteiger partial charge >= 0.3 is 0 Å². The number of hydrogen-bond donors (Lipinski definition) is 1. The molecule has 2 nitrogen and oxygen atoms in total.